The van der Waals surface area contributed by atoms with E-state index in [1.54, 1.807) is 6.07 Å². The van der Waals surface area contributed by atoms with Gasteiger partial charge in [-0.1, -0.05) is 59.6 Å². The summed E-state index contributed by atoms with van der Waals surface area (Å²) in [6.45, 7) is 1.23. The van der Waals surface area contributed by atoms with Gasteiger partial charge in [0.1, 0.15) is 0 Å². The Kier molecular flexibility index (Phi) is 5.23. The molecule has 4 heteroatoms. The van der Waals surface area contributed by atoms with Crippen molar-refractivity contribution in [3.8, 4) is 0 Å². The maximum atomic E-state index is 6.20. The Morgan fingerprint density at radius 3 is 2.42 bits per heavy atom. The fourth-order valence-corrected chi connectivity index (χ4v) is 2.48. The van der Waals surface area contributed by atoms with Crippen molar-refractivity contribution in [1.29, 1.82) is 0 Å². The van der Waals surface area contributed by atoms with Crippen molar-refractivity contribution < 1.29 is 0 Å². The number of hydrogen-bond donors (Lipinski definition) is 2. The van der Waals surface area contributed by atoms with E-state index >= 15 is 0 Å². The first kappa shape index (κ1) is 14.4. The third-order valence-corrected chi connectivity index (χ3v) is 3.53. The van der Waals surface area contributed by atoms with E-state index in [-0.39, 0.29) is 6.04 Å². The molecule has 0 heterocycles. The fraction of sp³-hybridized carbons (Fsp3) is 0.200. The van der Waals surface area contributed by atoms with Gasteiger partial charge < -0.3 is 11.1 Å². The van der Waals surface area contributed by atoms with Crippen molar-refractivity contribution in [1.82, 2.24) is 5.32 Å². The summed E-state index contributed by atoms with van der Waals surface area (Å²) in [5.41, 5.74) is 8.01. The summed E-state index contributed by atoms with van der Waals surface area (Å²) in [5.74, 6) is 0. The molecule has 19 heavy (non-hydrogen) atoms. The van der Waals surface area contributed by atoms with Gasteiger partial charge in [0.15, 0.2) is 0 Å². The first-order valence-electron chi connectivity index (χ1n) is 6.13. The number of nitrogens with one attached hydrogen (secondary N) is 1. The van der Waals surface area contributed by atoms with Crippen molar-refractivity contribution in [2.45, 2.75) is 12.6 Å². The van der Waals surface area contributed by atoms with Crippen LogP contribution in [0.2, 0.25) is 10.0 Å². The zero-order valence-electron chi connectivity index (χ0n) is 10.4. The van der Waals surface area contributed by atoms with Gasteiger partial charge in [-0.2, -0.15) is 0 Å². The van der Waals surface area contributed by atoms with Crippen molar-refractivity contribution in [2.24, 2.45) is 5.73 Å². The van der Waals surface area contributed by atoms with Crippen LogP contribution < -0.4 is 11.1 Å². The highest BCUT2D eigenvalue weighted by Crippen LogP contribution is 2.26. The van der Waals surface area contributed by atoms with Crippen molar-refractivity contribution in [2.75, 3.05) is 6.54 Å². The number of hydrogen-bond acceptors (Lipinski definition) is 2. The van der Waals surface area contributed by atoms with Crippen molar-refractivity contribution >= 4 is 23.2 Å². The van der Waals surface area contributed by atoms with E-state index in [1.165, 1.54) is 5.56 Å². The minimum absolute atomic E-state index is 0.0185. The van der Waals surface area contributed by atoms with E-state index in [0.717, 1.165) is 12.1 Å². The third kappa shape index (κ3) is 3.95. The first-order valence-corrected chi connectivity index (χ1v) is 6.88. The zero-order chi connectivity index (χ0) is 13.7. The summed E-state index contributed by atoms with van der Waals surface area (Å²) < 4.78 is 0. The van der Waals surface area contributed by atoms with Crippen LogP contribution in [-0.2, 0) is 6.54 Å². The van der Waals surface area contributed by atoms with Gasteiger partial charge in [-0.3, -0.25) is 0 Å². The molecular formula is C15H16Cl2N2. The number of benzene rings is 2. The van der Waals surface area contributed by atoms with Crippen LogP contribution in [0.1, 0.15) is 17.2 Å². The van der Waals surface area contributed by atoms with Gasteiger partial charge in [-0.25, -0.2) is 0 Å². The predicted octanol–water partition coefficient (Wildman–Crippen LogP) is 3.78. The number of rotatable bonds is 5. The molecule has 2 aromatic rings. The normalized spacial score (nSPS) is 12.4. The molecule has 0 saturated carbocycles. The molecule has 3 N–H and O–H groups in total. The molecule has 0 aliphatic heterocycles. The minimum Gasteiger partial charge on any atom is -0.329 e. The predicted molar refractivity (Wildman–Crippen MR) is 81.5 cm³/mol. The van der Waals surface area contributed by atoms with E-state index in [9.17, 15) is 0 Å². The standard InChI is InChI=1S/C15H16Cl2N2/c16-12-6-7-13(14(17)8-12)15(9-18)19-10-11-4-2-1-3-5-11/h1-8,15,19H,9-10,18H2. The second-order valence-electron chi connectivity index (χ2n) is 4.32. The van der Waals surface area contributed by atoms with E-state index in [2.05, 4.69) is 17.4 Å². The van der Waals surface area contributed by atoms with Crippen LogP contribution >= 0.6 is 23.2 Å². The van der Waals surface area contributed by atoms with Crippen LogP contribution in [0.15, 0.2) is 48.5 Å². The van der Waals surface area contributed by atoms with Gasteiger partial charge in [-0.05, 0) is 23.3 Å². The molecule has 0 amide bonds. The molecule has 1 atom stereocenters. The molecule has 0 aromatic heterocycles. The first-order chi connectivity index (χ1) is 9.20. The lowest BCUT2D eigenvalue weighted by Gasteiger charge is -2.19. The summed E-state index contributed by atoms with van der Waals surface area (Å²) in [6, 6.07) is 15.7. The maximum Gasteiger partial charge on any atom is 0.0469 e. The molecule has 2 nitrogen and oxygen atoms in total. The summed E-state index contributed by atoms with van der Waals surface area (Å²) in [5, 5.41) is 4.68. The SMILES string of the molecule is NCC(NCc1ccccc1)c1ccc(Cl)cc1Cl. The smallest absolute Gasteiger partial charge is 0.0469 e. The van der Waals surface area contributed by atoms with E-state index < -0.39 is 0 Å². The number of nitrogens with two attached hydrogens (primary N) is 1. The molecule has 0 aliphatic carbocycles. The highest BCUT2D eigenvalue weighted by Gasteiger charge is 2.12. The average molecular weight is 295 g/mol. The molecule has 0 bridgehead atoms. The van der Waals surface area contributed by atoms with Crippen LogP contribution in [0, 0.1) is 0 Å². The minimum atomic E-state index is 0.0185. The summed E-state index contributed by atoms with van der Waals surface area (Å²) in [6.07, 6.45) is 0. The Balaban J connectivity index is 2.08. The fourth-order valence-electron chi connectivity index (χ4n) is 1.94. The molecule has 2 rings (SSSR count). The highest BCUT2D eigenvalue weighted by atomic mass is 35.5. The van der Waals surface area contributed by atoms with Gasteiger partial charge in [-0.15, -0.1) is 0 Å². The second-order valence-corrected chi connectivity index (χ2v) is 5.16. The highest BCUT2D eigenvalue weighted by molar-refractivity contribution is 6.35. The zero-order valence-corrected chi connectivity index (χ0v) is 12.0. The lowest BCUT2D eigenvalue weighted by atomic mass is 10.1. The van der Waals surface area contributed by atoms with Crippen LogP contribution in [0.25, 0.3) is 0 Å². The monoisotopic (exact) mass is 294 g/mol. The quantitative estimate of drug-likeness (QED) is 0.881. The van der Waals surface area contributed by atoms with Gasteiger partial charge in [0, 0.05) is 29.2 Å². The molecular weight excluding hydrogens is 279 g/mol. The Labute approximate surface area is 123 Å². The van der Waals surface area contributed by atoms with Gasteiger partial charge >= 0.3 is 0 Å². The van der Waals surface area contributed by atoms with Gasteiger partial charge in [0.2, 0.25) is 0 Å². The van der Waals surface area contributed by atoms with Crippen molar-refractivity contribution in [3.05, 3.63) is 69.7 Å². The van der Waals surface area contributed by atoms with Crippen LogP contribution in [0.5, 0.6) is 0 Å². The molecule has 0 saturated heterocycles. The summed E-state index contributed by atoms with van der Waals surface area (Å²) in [4.78, 5) is 0. The summed E-state index contributed by atoms with van der Waals surface area (Å²) in [7, 11) is 0. The Morgan fingerprint density at radius 1 is 1.05 bits per heavy atom. The van der Waals surface area contributed by atoms with E-state index in [1.807, 2.05) is 30.3 Å². The van der Waals surface area contributed by atoms with Gasteiger partial charge in [0.25, 0.3) is 0 Å². The van der Waals surface area contributed by atoms with E-state index in [0.29, 0.717) is 16.6 Å². The lowest BCUT2D eigenvalue weighted by molar-refractivity contribution is 0.542. The second kappa shape index (κ2) is 6.92. The third-order valence-electron chi connectivity index (χ3n) is 2.97. The molecule has 1 unspecified atom stereocenters. The maximum absolute atomic E-state index is 6.20. The van der Waals surface area contributed by atoms with Crippen LogP contribution in [0.3, 0.4) is 0 Å². The lowest BCUT2D eigenvalue weighted by Crippen LogP contribution is -2.28. The molecule has 0 radical (unpaired) electrons. The molecule has 0 spiro atoms. The topological polar surface area (TPSA) is 38.0 Å². The summed E-state index contributed by atoms with van der Waals surface area (Å²) >= 11 is 12.1. The van der Waals surface area contributed by atoms with Crippen molar-refractivity contribution in [3.63, 3.8) is 0 Å². The van der Waals surface area contributed by atoms with E-state index in [4.69, 9.17) is 28.9 Å². The Bertz CT molecular complexity index is 529. The van der Waals surface area contributed by atoms with Crippen LogP contribution in [0.4, 0.5) is 0 Å². The number of halogens is 2. The van der Waals surface area contributed by atoms with Crippen LogP contribution in [-0.4, -0.2) is 6.54 Å². The largest absolute Gasteiger partial charge is 0.329 e. The molecule has 2 aromatic carbocycles. The molecule has 0 fully saturated rings. The average Bonchev–Trinajstić information content (AvgIpc) is 2.42. The molecule has 100 valence electrons. The Morgan fingerprint density at radius 2 is 1.79 bits per heavy atom. The molecule has 0 aliphatic rings. The Hall–Kier alpha value is -1.06. The van der Waals surface area contributed by atoms with Gasteiger partial charge in [0.05, 0.1) is 0 Å².